The number of carbonyl (C=O) groups is 1. The molecule has 0 atom stereocenters. The van der Waals surface area contributed by atoms with Crippen LogP contribution in [-0.2, 0) is 4.79 Å². The Hall–Kier alpha value is -1.31. The van der Waals surface area contributed by atoms with Crippen molar-refractivity contribution < 1.29 is 4.79 Å². The summed E-state index contributed by atoms with van der Waals surface area (Å²) in [6.45, 7) is 15.5. The van der Waals surface area contributed by atoms with Gasteiger partial charge in [-0.15, -0.1) is 0 Å². The number of anilines is 1. The van der Waals surface area contributed by atoms with E-state index in [0.29, 0.717) is 0 Å². The summed E-state index contributed by atoms with van der Waals surface area (Å²) in [6.07, 6.45) is 0. The van der Waals surface area contributed by atoms with Crippen LogP contribution in [0.3, 0.4) is 0 Å². The Morgan fingerprint density at radius 2 is 1.24 bits per heavy atom. The first-order chi connectivity index (χ1) is 8.18. The van der Waals surface area contributed by atoms with Gasteiger partial charge in [-0.2, -0.15) is 0 Å². The molecule has 2 heteroatoms. The second kappa shape index (κ2) is 17.1. The Morgan fingerprint density at radius 3 is 1.53 bits per heavy atom. The molecule has 1 rings (SSSR count). The van der Waals surface area contributed by atoms with Gasteiger partial charge in [0.1, 0.15) is 0 Å². The monoisotopic (exact) mass is 239 g/mol. The smallest absolute Gasteiger partial charge is 0.221 e. The van der Waals surface area contributed by atoms with Crippen LogP contribution >= 0.6 is 0 Å². The first-order valence-corrected chi connectivity index (χ1v) is 6.53. The molecule has 1 N–H and O–H groups in total. The minimum atomic E-state index is -0.0335. The summed E-state index contributed by atoms with van der Waals surface area (Å²) < 4.78 is 0. The summed E-state index contributed by atoms with van der Waals surface area (Å²) in [7, 11) is 0. The SMILES string of the molecule is CC.CC.CC.CC(=O)Nc1ccc(C)cc1. The highest BCUT2D eigenvalue weighted by molar-refractivity contribution is 5.88. The summed E-state index contributed by atoms with van der Waals surface area (Å²) >= 11 is 0. The normalized spacial score (nSPS) is 7.06. The van der Waals surface area contributed by atoms with Gasteiger partial charge in [-0.3, -0.25) is 4.79 Å². The van der Waals surface area contributed by atoms with Gasteiger partial charge < -0.3 is 5.32 Å². The molecule has 17 heavy (non-hydrogen) atoms. The lowest BCUT2D eigenvalue weighted by molar-refractivity contribution is -0.114. The summed E-state index contributed by atoms with van der Waals surface area (Å²) in [5.41, 5.74) is 2.04. The van der Waals surface area contributed by atoms with E-state index in [0.717, 1.165) is 5.69 Å². The van der Waals surface area contributed by atoms with Gasteiger partial charge in [-0.25, -0.2) is 0 Å². The van der Waals surface area contributed by atoms with Crippen LogP contribution < -0.4 is 5.32 Å². The lowest BCUT2D eigenvalue weighted by Gasteiger charge is -2.00. The van der Waals surface area contributed by atoms with Crippen LogP contribution in [-0.4, -0.2) is 5.91 Å². The number of carbonyl (C=O) groups excluding carboxylic acids is 1. The van der Waals surface area contributed by atoms with Crippen molar-refractivity contribution in [3.63, 3.8) is 0 Å². The van der Waals surface area contributed by atoms with Gasteiger partial charge in [0.2, 0.25) is 5.91 Å². The molecule has 0 aliphatic heterocycles. The Bertz CT molecular complexity index is 252. The van der Waals surface area contributed by atoms with E-state index in [-0.39, 0.29) is 5.91 Å². The molecule has 0 spiro atoms. The Kier molecular flexibility index (Phi) is 21.1. The van der Waals surface area contributed by atoms with Gasteiger partial charge in [0.25, 0.3) is 0 Å². The topological polar surface area (TPSA) is 29.1 Å². The van der Waals surface area contributed by atoms with E-state index in [1.807, 2.05) is 72.7 Å². The van der Waals surface area contributed by atoms with E-state index in [1.54, 1.807) is 0 Å². The first kappa shape index (κ1) is 21.0. The zero-order valence-electron chi connectivity index (χ0n) is 12.7. The number of benzene rings is 1. The standard InChI is InChI=1S/C9H11NO.3C2H6/c1-7-3-5-9(6-4-7)10-8(2)11;3*1-2/h3-6H,1-2H3,(H,10,11);3*1-2H3. The molecule has 0 bridgehead atoms. The Labute approximate surface area is 107 Å². The highest BCUT2D eigenvalue weighted by atomic mass is 16.1. The van der Waals surface area contributed by atoms with Gasteiger partial charge >= 0.3 is 0 Å². The van der Waals surface area contributed by atoms with Crippen LogP contribution in [0.4, 0.5) is 5.69 Å². The van der Waals surface area contributed by atoms with E-state index in [1.165, 1.54) is 12.5 Å². The summed E-state index contributed by atoms with van der Waals surface area (Å²) in [4.78, 5) is 10.6. The molecule has 0 aromatic heterocycles. The predicted octanol–water partition coefficient (Wildman–Crippen LogP) is 5.03. The molecule has 0 heterocycles. The van der Waals surface area contributed by atoms with E-state index in [2.05, 4.69) is 5.32 Å². The fourth-order valence-corrected chi connectivity index (χ4v) is 0.840. The summed E-state index contributed by atoms with van der Waals surface area (Å²) in [6, 6.07) is 7.70. The molecule has 100 valence electrons. The number of rotatable bonds is 1. The van der Waals surface area contributed by atoms with Crippen molar-refractivity contribution in [1.29, 1.82) is 0 Å². The third-order valence-electron chi connectivity index (χ3n) is 1.37. The van der Waals surface area contributed by atoms with Crippen LogP contribution in [0, 0.1) is 6.92 Å². The zero-order chi connectivity index (χ0) is 14.3. The van der Waals surface area contributed by atoms with Gasteiger partial charge in [0.05, 0.1) is 0 Å². The largest absolute Gasteiger partial charge is 0.326 e. The van der Waals surface area contributed by atoms with E-state index in [9.17, 15) is 4.79 Å². The van der Waals surface area contributed by atoms with Crippen molar-refractivity contribution in [3.8, 4) is 0 Å². The van der Waals surface area contributed by atoms with Crippen LogP contribution in [0.5, 0.6) is 0 Å². The maximum atomic E-state index is 10.6. The lowest BCUT2D eigenvalue weighted by Crippen LogP contribution is -2.05. The van der Waals surface area contributed by atoms with Crippen molar-refractivity contribution in [2.75, 3.05) is 5.32 Å². The van der Waals surface area contributed by atoms with Crippen LogP contribution in [0.1, 0.15) is 54.0 Å². The van der Waals surface area contributed by atoms with Crippen molar-refractivity contribution >= 4 is 11.6 Å². The fraction of sp³-hybridized carbons (Fsp3) is 0.533. The van der Waals surface area contributed by atoms with Gasteiger partial charge in [0.15, 0.2) is 0 Å². The highest BCUT2D eigenvalue weighted by Gasteiger charge is 1.92. The number of hydrogen-bond acceptors (Lipinski definition) is 1. The van der Waals surface area contributed by atoms with Gasteiger partial charge in [-0.05, 0) is 19.1 Å². The molecule has 0 aliphatic rings. The lowest BCUT2D eigenvalue weighted by atomic mass is 10.2. The van der Waals surface area contributed by atoms with Crippen LogP contribution in [0.25, 0.3) is 0 Å². The van der Waals surface area contributed by atoms with Crippen molar-refractivity contribution in [1.82, 2.24) is 0 Å². The minimum absolute atomic E-state index is 0.0335. The van der Waals surface area contributed by atoms with E-state index >= 15 is 0 Å². The molecule has 0 radical (unpaired) electrons. The second-order valence-electron chi connectivity index (χ2n) is 2.55. The van der Waals surface area contributed by atoms with Gasteiger partial charge in [0, 0.05) is 12.6 Å². The van der Waals surface area contributed by atoms with Crippen molar-refractivity contribution in [3.05, 3.63) is 29.8 Å². The minimum Gasteiger partial charge on any atom is -0.326 e. The molecular formula is C15H29NO. The third-order valence-corrected chi connectivity index (χ3v) is 1.37. The Balaban J connectivity index is -0.000000285. The van der Waals surface area contributed by atoms with Crippen molar-refractivity contribution in [2.45, 2.75) is 55.4 Å². The van der Waals surface area contributed by atoms with Crippen molar-refractivity contribution in [2.24, 2.45) is 0 Å². The van der Waals surface area contributed by atoms with E-state index in [4.69, 9.17) is 0 Å². The molecule has 0 saturated heterocycles. The molecule has 0 unspecified atom stereocenters. The third kappa shape index (κ3) is 14.7. The predicted molar refractivity (Wildman–Crippen MR) is 79.5 cm³/mol. The molecule has 0 aliphatic carbocycles. The molecule has 0 fully saturated rings. The molecule has 0 saturated carbocycles. The summed E-state index contributed by atoms with van der Waals surface area (Å²) in [5.74, 6) is -0.0335. The maximum Gasteiger partial charge on any atom is 0.221 e. The zero-order valence-corrected chi connectivity index (χ0v) is 12.7. The maximum absolute atomic E-state index is 10.6. The van der Waals surface area contributed by atoms with Gasteiger partial charge in [-0.1, -0.05) is 59.2 Å². The molecule has 1 aromatic carbocycles. The second-order valence-corrected chi connectivity index (χ2v) is 2.55. The van der Waals surface area contributed by atoms with E-state index < -0.39 is 0 Å². The average molecular weight is 239 g/mol. The number of nitrogens with one attached hydrogen (secondary N) is 1. The molecule has 1 amide bonds. The fourth-order valence-electron chi connectivity index (χ4n) is 0.840. The Morgan fingerprint density at radius 1 is 0.882 bits per heavy atom. The van der Waals surface area contributed by atoms with Crippen LogP contribution in [0.15, 0.2) is 24.3 Å². The van der Waals surface area contributed by atoms with Crippen LogP contribution in [0.2, 0.25) is 0 Å². The number of amides is 1. The highest BCUT2D eigenvalue weighted by Crippen LogP contribution is 2.07. The molecule has 2 nitrogen and oxygen atoms in total. The summed E-state index contributed by atoms with van der Waals surface area (Å²) in [5, 5.41) is 2.69. The first-order valence-electron chi connectivity index (χ1n) is 6.53. The number of hydrogen-bond donors (Lipinski definition) is 1. The number of aryl methyl sites for hydroxylation is 1. The molecular weight excluding hydrogens is 210 g/mol. The molecule has 1 aromatic rings. The average Bonchev–Trinajstić information content (AvgIpc) is 2.39. The quantitative estimate of drug-likeness (QED) is 0.731.